The SMILES string of the molecule is C=C(C)C(O)CCN=C=O. The molecule has 1 atom stereocenters. The summed E-state index contributed by atoms with van der Waals surface area (Å²) in [5, 5.41) is 9.06. The van der Waals surface area contributed by atoms with Gasteiger partial charge in [-0.2, -0.15) is 0 Å². The molecular weight excluding hydrogens is 130 g/mol. The third-order valence-electron chi connectivity index (χ3n) is 1.15. The fraction of sp³-hybridized carbons (Fsp3) is 0.571. The maximum atomic E-state index is 9.56. The van der Waals surface area contributed by atoms with Crippen molar-refractivity contribution in [3.8, 4) is 0 Å². The molecule has 3 nitrogen and oxygen atoms in total. The standard InChI is InChI=1S/C7H11NO2/c1-6(2)7(10)3-4-8-5-9/h7,10H,1,3-4H2,2H3. The lowest BCUT2D eigenvalue weighted by atomic mass is 10.1. The molecule has 0 aliphatic rings. The van der Waals surface area contributed by atoms with Gasteiger partial charge < -0.3 is 5.11 Å². The third kappa shape index (κ3) is 4.01. The fourth-order valence-electron chi connectivity index (χ4n) is 0.479. The Morgan fingerprint density at radius 1 is 1.90 bits per heavy atom. The predicted molar refractivity (Wildman–Crippen MR) is 38.4 cm³/mol. The van der Waals surface area contributed by atoms with Gasteiger partial charge in [-0.15, -0.1) is 0 Å². The van der Waals surface area contributed by atoms with E-state index >= 15 is 0 Å². The Balaban J connectivity index is 3.48. The van der Waals surface area contributed by atoms with Gasteiger partial charge in [0.2, 0.25) is 6.08 Å². The van der Waals surface area contributed by atoms with Gasteiger partial charge in [0, 0.05) is 0 Å². The largest absolute Gasteiger partial charge is 0.389 e. The van der Waals surface area contributed by atoms with Gasteiger partial charge in [0.05, 0.1) is 12.6 Å². The monoisotopic (exact) mass is 141 g/mol. The molecular formula is C7H11NO2. The van der Waals surface area contributed by atoms with E-state index in [4.69, 9.17) is 5.11 Å². The Hall–Kier alpha value is -0.920. The topological polar surface area (TPSA) is 49.7 Å². The van der Waals surface area contributed by atoms with Crippen LogP contribution in [0.2, 0.25) is 0 Å². The second-order valence-electron chi connectivity index (χ2n) is 2.12. The van der Waals surface area contributed by atoms with Crippen molar-refractivity contribution < 1.29 is 9.90 Å². The summed E-state index contributed by atoms with van der Waals surface area (Å²) in [5.41, 5.74) is 0.695. The van der Waals surface area contributed by atoms with E-state index < -0.39 is 6.10 Å². The Bertz CT molecular complexity index is 159. The quantitative estimate of drug-likeness (QED) is 0.355. The minimum Gasteiger partial charge on any atom is -0.389 e. The summed E-state index contributed by atoms with van der Waals surface area (Å²) in [6.07, 6.45) is 1.30. The second-order valence-corrected chi connectivity index (χ2v) is 2.12. The van der Waals surface area contributed by atoms with Crippen LogP contribution >= 0.6 is 0 Å². The van der Waals surface area contributed by atoms with E-state index in [1.54, 1.807) is 6.92 Å². The summed E-state index contributed by atoms with van der Waals surface area (Å²) < 4.78 is 0. The minimum absolute atomic E-state index is 0.317. The van der Waals surface area contributed by atoms with Crippen LogP contribution in [0.25, 0.3) is 0 Å². The Morgan fingerprint density at radius 2 is 2.50 bits per heavy atom. The van der Waals surface area contributed by atoms with Crippen molar-refractivity contribution in [1.82, 2.24) is 0 Å². The average Bonchev–Trinajstić information content (AvgIpc) is 1.88. The summed E-state index contributed by atoms with van der Waals surface area (Å²) in [5.74, 6) is 0. The molecule has 0 heterocycles. The number of isocyanates is 1. The molecule has 0 amide bonds. The molecule has 0 aliphatic carbocycles. The highest BCUT2D eigenvalue weighted by atomic mass is 16.3. The summed E-state index contributed by atoms with van der Waals surface area (Å²) >= 11 is 0. The van der Waals surface area contributed by atoms with Crippen molar-refractivity contribution in [2.45, 2.75) is 19.4 Å². The van der Waals surface area contributed by atoms with Gasteiger partial charge in [-0.3, -0.25) is 0 Å². The maximum absolute atomic E-state index is 9.56. The molecule has 0 aromatic rings. The minimum atomic E-state index is -0.544. The summed E-state index contributed by atoms with van der Waals surface area (Å²) in [6, 6.07) is 0. The molecule has 0 aromatic carbocycles. The lowest BCUT2D eigenvalue weighted by Crippen LogP contribution is -2.08. The molecule has 0 saturated heterocycles. The number of aliphatic hydroxyl groups is 1. The zero-order valence-electron chi connectivity index (χ0n) is 6.00. The molecule has 1 unspecified atom stereocenters. The average molecular weight is 141 g/mol. The van der Waals surface area contributed by atoms with E-state index in [0.717, 1.165) is 0 Å². The summed E-state index contributed by atoms with van der Waals surface area (Å²) in [4.78, 5) is 12.8. The number of hydrogen-bond donors (Lipinski definition) is 1. The van der Waals surface area contributed by atoms with Crippen molar-refractivity contribution in [2.24, 2.45) is 4.99 Å². The smallest absolute Gasteiger partial charge is 0.234 e. The Morgan fingerprint density at radius 3 is 2.90 bits per heavy atom. The first-order valence-electron chi connectivity index (χ1n) is 3.05. The van der Waals surface area contributed by atoms with E-state index in [2.05, 4.69) is 11.6 Å². The molecule has 0 radical (unpaired) electrons. The van der Waals surface area contributed by atoms with Crippen LogP contribution in [-0.2, 0) is 4.79 Å². The number of rotatable bonds is 4. The molecule has 0 bridgehead atoms. The highest BCUT2D eigenvalue weighted by Gasteiger charge is 2.01. The molecule has 1 N–H and O–H groups in total. The zero-order chi connectivity index (χ0) is 7.98. The van der Waals surface area contributed by atoms with Gasteiger partial charge in [0.1, 0.15) is 0 Å². The van der Waals surface area contributed by atoms with Gasteiger partial charge in [0.15, 0.2) is 0 Å². The van der Waals surface area contributed by atoms with E-state index in [1.807, 2.05) is 0 Å². The van der Waals surface area contributed by atoms with Crippen LogP contribution in [0.1, 0.15) is 13.3 Å². The lowest BCUT2D eigenvalue weighted by Gasteiger charge is -2.05. The first-order chi connectivity index (χ1) is 4.68. The van der Waals surface area contributed by atoms with Gasteiger partial charge >= 0.3 is 0 Å². The molecule has 0 spiro atoms. The van der Waals surface area contributed by atoms with Crippen LogP contribution in [0.15, 0.2) is 17.1 Å². The van der Waals surface area contributed by atoms with E-state index in [-0.39, 0.29) is 0 Å². The molecule has 0 fully saturated rings. The highest BCUT2D eigenvalue weighted by Crippen LogP contribution is 2.01. The van der Waals surface area contributed by atoms with Crippen LogP contribution in [-0.4, -0.2) is 23.8 Å². The molecule has 3 heteroatoms. The van der Waals surface area contributed by atoms with Crippen LogP contribution in [0.5, 0.6) is 0 Å². The normalized spacial score (nSPS) is 11.8. The lowest BCUT2D eigenvalue weighted by molar-refractivity contribution is 0.204. The van der Waals surface area contributed by atoms with Crippen molar-refractivity contribution >= 4 is 6.08 Å². The number of carbonyl (C=O) groups excluding carboxylic acids is 1. The first kappa shape index (κ1) is 9.08. The van der Waals surface area contributed by atoms with E-state index in [0.29, 0.717) is 18.5 Å². The van der Waals surface area contributed by atoms with Crippen LogP contribution < -0.4 is 0 Å². The van der Waals surface area contributed by atoms with Crippen LogP contribution in [0, 0.1) is 0 Å². The van der Waals surface area contributed by atoms with E-state index in [9.17, 15) is 4.79 Å². The van der Waals surface area contributed by atoms with E-state index in [1.165, 1.54) is 6.08 Å². The Kier molecular flexibility index (Phi) is 4.46. The summed E-state index contributed by atoms with van der Waals surface area (Å²) in [6.45, 7) is 5.59. The molecule has 0 aliphatic heterocycles. The van der Waals surface area contributed by atoms with Crippen LogP contribution in [0.4, 0.5) is 0 Å². The van der Waals surface area contributed by atoms with Gasteiger partial charge in [-0.05, 0) is 13.3 Å². The summed E-state index contributed by atoms with van der Waals surface area (Å²) in [7, 11) is 0. The molecule has 0 rings (SSSR count). The molecule has 0 saturated carbocycles. The second kappa shape index (κ2) is 4.91. The van der Waals surface area contributed by atoms with Crippen molar-refractivity contribution in [3.63, 3.8) is 0 Å². The first-order valence-corrected chi connectivity index (χ1v) is 3.05. The Labute approximate surface area is 60.1 Å². The third-order valence-corrected chi connectivity index (χ3v) is 1.15. The zero-order valence-corrected chi connectivity index (χ0v) is 6.00. The highest BCUT2D eigenvalue weighted by molar-refractivity contribution is 5.32. The molecule has 10 heavy (non-hydrogen) atoms. The van der Waals surface area contributed by atoms with Crippen molar-refractivity contribution in [1.29, 1.82) is 0 Å². The fourth-order valence-corrected chi connectivity index (χ4v) is 0.479. The number of hydrogen-bond acceptors (Lipinski definition) is 3. The van der Waals surface area contributed by atoms with Gasteiger partial charge in [0.25, 0.3) is 0 Å². The number of aliphatic imine (C=N–C) groups is 1. The van der Waals surface area contributed by atoms with Crippen molar-refractivity contribution in [2.75, 3.05) is 6.54 Å². The van der Waals surface area contributed by atoms with Crippen molar-refractivity contribution in [3.05, 3.63) is 12.2 Å². The van der Waals surface area contributed by atoms with Gasteiger partial charge in [-0.25, -0.2) is 9.79 Å². The maximum Gasteiger partial charge on any atom is 0.234 e. The number of nitrogens with zero attached hydrogens (tertiary/aromatic N) is 1. The van der Waals surface area contributed by atoms with Gasteiger partial charge in [-0.1, -0.05) is 12.2 Å². The number of aliphatic hydroxyl groups excluding tert-OH is 1. The predicted octanol–water partition coefficient (Wildman–Crippen LogP) is 0.649. The molecule has 56 valence electrons. The molecule has 0 aromatic heterocycles. The van der Waals surface area contributed by atoms with Crippen LogP contribution in [0.3, 0.4) is 0 Å².